The normalized spacial score (nSPS) is 33.2. The molecule has 19 heavy (non-hydrogen) atoms. The van der Waals surface area contributed by atoms with Crippen molar-refractivity contribution in [2.75, 3.05) is 32.8 Å². The molecule has 0 aromatic heterocycles. The van der Waals surface area contributed by atoms with E-state index in [1.54, 1.807) is 0 Å². The molecule has 2 aliphatic rings. The number of rotatable bonds is 5. The van der Waals surface area contributed by atoms with Gasteiger partial charge in [-0.2, -0.15) is 0 Å². The molecule has 0 aromatic carbocycles. The number of hydrogen-bond donors (Lipinski definition) is 2. The first-order chi connectivity index (χ1) is 9.16. The van der Waals surface area contributed by atoms with Crippen molar-refractivity contribution in [1.82, 2.24) is 10.2 Å². The molecule has 2 rings (SSSR count). The van der Waals surface area contributed by atoms with Gasteiger partial charge in [0, 0.05) is 19.7 Å². The minimum atomic E-state index is -0.532. The number of carbonyl (C=O) groups is 1. The van der Waals surface area contributed by atoms with Gasteiger partial charge in [0.15, 0.2) is 0 Å². The third-order valence-electron chi connectivity index (χ3n) is 4.54. The van der Waals surface area contributed by atoms with Crippen LogP contribution in [0.5, 0.6) is 0 Å². The monoisotopic (exact) mass is 269 g/mol. The van der Waals surface area contributed by atoms with Crippen LogP contribution in [-0.4, -0.2) is 55.2 Å². The van der Waals surface area contributed by atoms with Crippen LogP contribution in [-0.2, 0) is 9.53 Å². The molecule has 0 bridgehead atoms. The fraction of sp³-hybridized carbons (Fsp3) is 0.929. The second-order valence-electron chi connectivity index (χ2n) is 5.75. The molecule has 0 spiro atoms. The van der Waals surface area contributed by atoms with Crippen molar-refractivity contribution < 1.29 is 9.53 Å². The van der Waals surface area contributed by atoms with Crippen molar-refractivity contribution in [2.45, 2.75) is 50.7 Å². The van der Waals surface area contributed by atoms with Gasteiger partial charge in [-0.1, -0.05) is 6.92 Å². The zero-order valence-electron chi connectivity index (χ0n) is 12.0. The van der Waals surface area contributed by atoms with Crippen LogP contribution in [0.4, 0.5) is 0 Å². The van der Waals surface area contributed by atoms with Gasteiger partial charge >= 0.3 is 0 Å². The van der Waals surface area contributed by atoms with Crippen LogP contribution in [0.25, 0.3) is 0 Å². The zero-order chi connectivity index (χ0) is 13.7. The van der Waals surface area contributed by atoms with E-state index >= 15 is 0 Å². The maximum absolute atomic E-state index is 11.9. The second-order valence-corrected chi connectivity index (χ2v) is 5.75. The van der Waals surface area contributed by atoms with E-state index in [9.17, 15) is 4.79 Å². The molecule has 2 saturated heterocycles. The molecule has 5 heteroatoms. The molecule has 0 saturated carbocycles. The summed E-state index contributed by atoms with van der Waals surface area (Å²) in [6.07, 6.45) is 5.13. The SMILES string of the molecule is CCN1CCCC(NCC2CCCO2)(C(N)=O)CC1. The molecule has 2 atom stereocenters. The standard InChI is InChI=1S/C14H27N3O2/c1-2-17-8-4-6-14(7-9-17,13(15)18)16-11-12-5-3-10-19-12/h12,16H,2-11H2,1H3,(H2,15,18). The number of carbonyl (C=O) groups excluding carboxylic acids is 1. The number of nitrogens with zero attached hydrogens (tertiary/aromatic N) is 1. The summed E-state index contributed by atoms with van der Waals surface area (Å²) in [6, 6.07) is 0. The summed E-state index contributed by atoms with van der Waals surface area (Å²) in [5, 5.41) is 3.43. The van der Waals surface area contributed by atoms with Gasteiger partial charge in [0.2, 0.25) is 5.91 Å². The van der Waals surface area contributed by atoms with Crippen molar-refractivity contribution in [2.24, 2.45) is 5.73 Å². The smallest absolute Gasteiger partial charge is 0.237 e. The van der Waals surface area contributed by atoms with Gasteiger partial charge in [0.05, 0.1) is 11.6 Å². The van der Waals surface area contributed by atoms with E-state index in [0.717, 1.165) is 64.9 Å². The van der Waals surface area contributed by atoms with Gasteiger partial charge in [-0.05, 0) is 45.2 Å². The van der Waals surface area contributed by atoms with Gasteiger partial charge in [-0.25, -0.2) is 0 Å². The highest BCUT2D eigenvalue weighted by Crippen LogP contribution is 2.23. The first-order valence-electron chi connectivity index (χ1n) is 7.55. The van der Waals surface area contributed by atoms with E-state index in [1.807, 2.05) is 0 Å². The van der Waals surface area contributed by atoms with Gasteiger partial charge in [-0.3, -0.25) is 4.79 Å². The Morgan fingerprint density at radius 3 is 2.89 bits per heavy atom. The fourth-order valence-electron chi connectivity index (χ4n) is 3.13. The minimum Gasteiger partial charge on any atom is -0.377 e. The lowest BCUT2D eigenvalue weighted by Gasteiger charge is -2.32. The lowest BCUT2D eigenvalue weighted by atomic mass is 9.89. The highest BCUT2D eigenvalue weighted by molar-refractivity contribution is 5.84. The number of nitrogens with one attached hydrogen (secondary N) is 1. The summed E-state index contributed by atoms with van der Waals surface area (Å²) >= 11 is 0. The van der Waals surface area contributed by atoms with E-state index < -0.39 is 5.54 Å². The summed E-state index contributed by atoms with van der Waals surface area (Å²) in [5.41, 5.74) is 5.15. The lowest BCUT2D eigenvalue weighted by Crippen LogP contribution is -2.57. The summed E-state index contributed by atoms with van der Waals surface area (Å²) in [7, 11) is 0. The minimum absolute atomic E-state index is 0.205. The Morgan fingerprint density at radius 2 is 2.26 bits per heavy atom. The molecule has 110 valence electrons. The summed E-state index contributed by atoms with van der Waals surface area (Å²) in [4.78, 5) is 14.3. The largest absolute Gasteiger partial charge is 0.377 e. The summed E-state index contributed by atoms with van der Waals surface area (Å²) in [6.45, 7) is 6.80. The van der Waals surface area contributed by atoms with Gasteiger partial charge in [0.25, 0.3) is 0 Å². The Labute approximate surface area is 115 Å². The predicted octanol–water partition coefficient (Wildman–Crippen LogP) is 0.485. The third-order valence-corrected chi connectivity index (χ3v) is 4.54. The molecule has 1 amide bonds. The fourth-order valence-corrected chi connectivity index (χ4v) is 3.13. The predicted molar refractivity (Wildman–Crippen MR) is 74.9 cm³/mol. The van der Waals surface area contributed by atoms with E-state index in [4.69, 9.17) is 10.5 Å². The Balaban J connectivity index is 1.94. The van der Waals surface area contributed by atoms with E-state index in [1.165, 1.54) is 0 Å². The maximum atomic E-state index is 11.9. The second kappa shape index (κ2) is 6.68. The van der Waals surface area contributed by atoms with Gasteiger partial charge in [0.1, 0.15) is 0 Å². The van der Waals surface area contributed by atoms with Crippen LogP contribution in [0.1, 0.15) is 39.0 Å². The van der Waals surface area contributed by atoms with E-state index in [-0.39, 0.29) is 12.0 Å². The molecule has 2 aliphatic heterocycles. The van der Waals surface area contributed by atoms with Crippen LogP contribution >= 0.6 is 0 Å². The summed E-state index contributed by atoms with van der Waals surface area (Å²) < 4.78 is 5.62. The zero-order valence-corrected chi connectivity index (χ0v) is 12.0. The molecule has 5 nitrogen and oxygen atoms in total. The maximum Gasteiger partial charge on any atom is 0.237 e. The van der Waals surface area contributed by atoms with Crippen LogP contribution in [0.2, 0.25) is 0 Å². The Hall–Kier alpha value is -0.650. The quantitative estimate of drug-likeness (QED) is 0.762. The summed E-state index contributed by atoms with van der Waals surface area (Å²) in [5.74, 6) is -0.205. The third kappa shape index (κ3) is 3.68. The van der Waals surface area contributed by atoms with Crippen LogP contribution in [0.15, 0.2) is 0 Å². The van der Waals surface area contributed by atoms with Crippen molar-refractivity contribution in [3.8, 4) is 0 Å². The molecular weight excluding hydrogens is 242 g/mol. The molecule has 0 aliphatic carbocycles. The molecule has 0 aromatic rings. The molecule has 3 N–H and O–H groups in total. The van der Waals surface area contributed by atoms with Crippen LogP contribution in [0, 0.1) is 0 Å². The van der Waals surface area contributed by atoms with Gasteiger partial charge in [-0.15, -0.1) is 0 Å². The number of ether oxygens (including phenoxy) is 1. The first-order valence-corrected chi connectivity index (χ1v) is 7.55. The number of likely N-dealkylation sites (tertiary alicyclic amines) is 1. The average molecular weight is 269 g/mol. The number of primary amides is 1. The average Bonchev–Trinajstić information content (AvgIpc) is 2.82. The van der Waals surface area contributed by atoms with Crippen molar-refractivity contribution in [3.63, 3.8) is 0 Å². The van der Waals surface area contributed by atoms with E-state index in [0.29, 0.717) is 0 Å². The lowest BCUT2D eigenvalue weighted by molar-refractivity contribution is -0.125. The van der Waals surface area contributed by atoms with Crippen LogP contribution < -0.4 is 11.1 Å². The molecule has 2 heterocycles. The Kier molecular flexibility index (Phi) is 5.19. The molecular formula is C14H27N3O2. The number of nitrogens with two attached hydrogens (primary N) is 1. The molecule has 2 fully saturated rings. The Morgan fingerprint density at radius 1 is 1.42 bits per heavy atom. The van der Waals surface area contributed by atoms with E-state index in [2.05, 4.69) is 17.1 Å². The highest BCUT2D eigenvalue weighted by atomic mass is 16.5. The van der Waals surface area contributed by atoms with Gasteiger partial charge < -0.3 is 20.7 Å². The van der Waals surface area contributed by atoms with Crippen molar-refractivity contribution >= 4 is 5.91 Å². The number of amides is 1. The van der Waals surface area contributed by atoms with Crippen LogP contribution in [0.3, 0.4) is 0 Å². The first kappa shape index (κ1) is 14.8. The Bertz CT molecular complexity index is 305. The van der Waals surface area contributed by atoms with Crippen molar-refractivity contribution in [1.29, 1.82) is 0 Å². The topological polar surface area (TPSA) is 67.6 Å². The molecule has 2 unspecified atom stereocenters. The molecule has 0 radical (unpaired) electrons. The highest BCUT2D eigenvalue weighted by Gasteiger charge is 2.38. The number of hydrogen-bond acceptors (Lipinski definition) is 4. The van der Waals surface area contributed by atoms with Crippen molar-refractivity contribution in [3.05, 3.63) is 0 Å².